The third kappa shape index (κ3) is 5.74. The molecule has 1 amide bonds. The van der Waals surface area contributed by atoms with Crippen molar-refractivity contribution >= 4 is 45.9 Å². The zero-order valence-corrected chi connectivity index (χ0v) is 19.0. The summed E-state index contributed by atoms with van der Waals surface area (Å²) >= 11 is 0. The minimum Gasteiger partial charge on any atom is -0.489 e. The van der Waals surface area contributed by atoms with Crippen molar-refractivity contribution in [1.29, 1.82) is 0 Å². The summed E-state index contributed by atoms with van der Waals surface area (Å²) in [4.78, 5) is 20.6. The molecule has 2 N–H and O–H groups in total. The number of aromatic nitrogens is 2. The fraction of sp³-hybridized carbons (Fsp3) is 0.286. The lowest BCUT2D eigenvalue weighted by atomic mass is 9.93. The molecule has 3 rings (SSSR count). The molecule has 0 spiro atoms. The van der Waals surface area contributed by atoms with Gasteiger partial charge in [-0.1, -0.05) is 18.2 Å². The Hall–Kier alpha value is -3.18. The Kier molecular flexibility index (Phi) is 7.65. The van der Waals surface area contributed by atoms with Crippen LogP contribution in [0.5, 0.6) is 5.75 Å². The summed E-state index contributed by atoms with van der Waals surface area (Å²) in [5, 5.41) is 12.9. The number of hydrogen-bond donors (Lipinski definition) is 2. The number of aliphatic hydroxyl groups excluding tert-OH is 1. The minimum atomic E-state index is -2.93. The van der Waals surface area contributed by atoms with E-state index in [1.807, 2.05) is 26.0 Å². The van der Waals surface area contributed by atoms with Crippen LogP contribution in [-0.4, -0.2) is 59.2 Å². The maximum Gasteiger partial charge on any atom is 0.442 e. The molecule has 1 unspecified atom stereocenters. The number of carbonyl (C=O) groups excluding carboxylic acids is 1. The summed E-state index contributed by atoms with van der Waals surface area (Å²) in [6, 6.07) is 10.7. The van der Waals surface area contributed by atoms with Crippen LogP contribution in [0.15, 0.2) is 52.0 Å². The van der Waals surface area contributed by atoms with Crippen molar-refractivity contribution in [2.75, 3.05) is 31.3 Å². The molecule has 0 aliphatic heterocycles. The lowest BCUT2D eigenvalue weighted by Crippen LogP contribution is -2.12. The molecular formula is C21H25BN4O5S. The molecular weight excluding hydrogens is 431 g/mol. The molecule has 32 heavy (non-hydrogen) atoms. The van der Waals surface area contributed by atoms with Gasteiger partial charge in [-0.15, -0.1) is 4.36 Å². The summed E-state index contributed by atoms with van der Waals surface area (Å²) in [6.07, 6.45) is 2.01. The molecule has 0 fully saturated rings. The van der Waals surface area contributed by atoms with Crippen molar-refractivity contribution in [3.8, 4) is 5.75 Å². The Bertz CT molecular complexity index is 1240. The van der Waals surface area contributed by atoms with Crippen LogP contribution in [-0.2, 0) is 21.1 Å². The second kappa shape index (κ2) is 10.4. The van der Waals surface area contributed by atoms with E-state index in [9.17, 15) is 9.00 Å². The summed E-state index contributed by atoms with van der Waals surface area (Å²) < 4.78 is 27.3. The molecule has 0 radical (unpaired) electrons. The number of anilines is 1. The molecule has 168 valence electrons. The summed E-state index contributed by atoms with van der Waals surface area (Å²) in [5.74, 6) is 1.30. The zero-order chi connectivity index (χ0) is 23.1. The Morgan fingerprint density at radius 3 is 2.84 bits per heavy atom. The van der Waals surface area contributed by atoms with Crippen molar-refractivity contribution in [3.05, 3.63) is 48.3 Å². The summed E-state index contributed by atoms with van der Waals surface area (Å²) in [7, 11) is -1.01. The summed E-state index contributed by atoms with van der Waals surface area (Å²) in [5.41, 5.74) is 2.38. The second-order valence-corrected chi connectivity index (χ2v) is 9.30. The monoisotopic (exact) mass is 456 g/mol. The van der Waals surface area contributed by atoms with E-state index >= 15 is 0 Å². The molecule has 1 aromatic heterocycles. The van der Waals surface area contributed by atoms with Crippen molar-refractivity contribution < 1.29 is 23.6 Å². The fourth-order valence-corrected chi connectivity index (χ4v) is 4.18. The van der Waals surface area contributed by atoms with Crippen molar-refractivity contribution in [3.63, 3.8) is 0 Å². The van der Waals surface area contributed by atoms with Gasteiger partial charge in [-0.05, 0) is 30.1 Å². The van der Waals surface area contributed by atoms with Gasteiger partial charge in [-0.25, -0.2) is 19.0 Å². The highest BCUT2D eigenvalue weighted by Gasteiger charge is 2.12. The number of aliphatic hydroxyl groups is 1. The fourth-order valence-electron chi connectivity index (χ4n) is 3.04. The highest BCUT2D eigenvalue weighted by Crippen LogP contribution is 2.23. The average Bonchev–Trinajstić information content (AvgIpc) is 2.76. The molecule has 0 saturated carbocycles. The van der Waals surface area contributed by atoms with Crippen LogP contribution in [0.25, 0.3) is 10.9 Å². The molecule has 1 heterocycles. The summed E-state index contributed by atoms with van der Waals surface area (Å²) in [6.45, 7) is 2.46. The highest BCUT2D eigenvalue weighted by molar-refractivity contribution is 7.93. The van der Waals surface area contributed by atoms with Gasteiger partial charge in [-0.3, -0.25) is 0 Å². The third-order valence-electron chi connectivity index (χ3n) is 4.58. The van der Waals surface area contributed by atoms with Crippen LogP contribution in [0.3, 0.4) is 0 Å². The van der Waals surface area contributed by atoms with Gasteiger partial charge < -0.3 is 19.9 Å². The Balaban J connectivity index is 1.81. The lowest BCUT2D eigenvalue weighted by molar-refractivity contribution is 0.164. The van der Waals surface area contributed by atoms with Gasteiger partial charge in [0.25, 0.3) is 0 Å². The van der Waals surface area contributed by atoms with Gasteiger partial charge in [0.2, 0.25) is 0 Å². The molecule has 0 bridgehead atoms. The topological polar surface area (TPSA) is 123 Å². The van der Waals surface area contributed by atoms with Gasteiger partial charge >= 0.3 is 6.09 Å². The first-order valence-corrected chi connectivity index (χ1v) is 12.0. The smallest absolute Gasteiger partial charge is 0.442 e. The molecule has 0 aliphatic rings. The van der Waals surface area contributed by atoms with Crippen LogP contribution >= 0.6 is 0 Å². The second-order valence-electron chi connectivity index (χ2n) is 7.04. The van der Waals surface area contributed by atoms with Crippen molar-refractivity contribution in [1.82, 2.24) is 9.97 Å². The van der Waals surface area contributed by atoms with Gasteiger partial charge in [0.1, 0.15) is 32.3 Å². The number of fused-ring (bicyclic) bond motifs is 1. The number of nitrogens with zero attached hydrogens (tertiary/aromatic N) is 3. The van der Waals surface area contributed by atoms with Crippen molar-refractivity contribution in [2.45, 2.75) is 18.4 Å². The highest BCUT2D eigenvalue weighted by atomic mass is 32.2. The van der Waals surface area contributed by atoms with Crippen LogP contribution in [0.4, 0.5) is 10.6 Å². The number of hydrogen-bond acceptors (Lipinski definition) is 8. The van der Waals surface area contributed by atoms with E-state index in [1.54, 1.807) is 25.1 Å². The Morgan fingerprint density at radius 1 is 1.28 bits per heavy atom. The van der Waals surface area contributed by atoms with E-state index in [-0.39, 0.29) is 19.8 Å². The van der Waals surface area contributed by atoms with E-state index in [0.717, 1.165) is 16.4 Å². The predicted molar refractivity (Wildman–Crippen MR) is 126 cm³/mol. The van der Waals surface area contributed by atoms with Gasteiger partial charge in [-0.2, -0.15) is 0 Å². The van der Waals surface area contributed by atoms with E-state index < -0.39 is 15.8 Å². The molecule has 1 atom stereocenters. The molecule has 3 aromatic rings. The number of ether oxygens (including phenoxy) is 2. The van der Waals surface area contributed by atoms with E-state index in [4.69, 9.17) is 14.6 Å². The standard InChI is InChI=1S/C21H25BN4O5S/c1-3-30-21(28)26-32(2,29)15-6-4-5-14(9-15)12-31-19-11-18-16(10-17(19)22)20(23-7-8-27)25-13-24-18/h4-6,9-11,13,27H,3,7-8,12,22H2,1-2H3,(H,23,24,25). The van der Waals surface area contributed by atoms with E-state index in [2.05, 4.69) is 19.6 Å². The lowest BCUT2D eigenvalue weighted by Gasteiger charge is -2.13. The molecule has 2 aromatic carbocycles. The number of nitrogens with one attached hydrogen (secondary N) is 1. The quantitative estimate of drug-likeness (QED) is 0.489. The third-order valence-corrected chi connectivity index (χ3v) is 6.21. The molecule has 9 nitrogen and oxygen atoms in total. The van der Waals surface area contributed by atoms with Gasteiger partial charge in [0, 0.05) is 29.1 Å². The number of benzene rings is 2. The maximum atomic E-state index is 12.9. The maximum absolute atomic E-state index is 12.9. The Morgan fingerprint density at radius 2 is 2.09 bits per heavy atom. The van der Waals surface area contributed by atoms with E-state index in [0.29, 0.717) is 28.5 Å². The zero-order valence-electron chi connectivity index (χ0n) is 18.2. The van der Waals surface area contributed by atoms with Crippen LogP contribution in [0.2, 0.25) is 0 Å². The normalized spacial score (nSPS) is 12.7. The van der Waals surface area contributed by atoms with Gasteiger partial charge in [0.15, 0.2) is 0 Å². The number of carbonyl (C=O) groups is 1. The molecule has 0 aliphatic carbocycles. The first kappa shape index (κ1) is 23.5. The SMILES string of the molecule is Bc1cc2c(NCCO)ncnc2cc1OCc1cccc(S(C)(=O)=NC(=O)OCC)c1. The first-order valence-electron chi connectivity index (χ1n) is 10.0. The average molecular weight is 456 g/mol. The molecule has 11 heteroatoms. The molecule has 0 saturated heterocycles. The van der Waals surface area contributed by atoms with Crippen LogP contribution in [0, 0.1) is 0 Å². The van der Waals surface area contributed by atoms with Gasteiger partial charge in [0.05, 0.1) is 28.5 Å². The van der Waals surface area contributed by atoms with Crippen LogP contribution < -0.4 is 15.5 Å². The van der Waals surface area contributed by atoms with Crippen LogP contribution in [0.1, 0.15) is 12.5 Å². The number of rotatable bonds is 8. The largest absolute Gasteiger partial charge is 0.489 e. The number of amides is 1. The van der Waals surface area contributed by atoms with E-state index in [1.165, 1.54) is 12.6 Å². The predicted octanol–water partition coefficient (Wildman–Crippen LogP) is 1.48. The Labute approximate surface area is 187 Å². The minimum absolute atomic E-state index is 0.00191. The van der Waals surface area contributed by atoms with Crippen molar-refractivity contribution in [2.24, 2.45) is 4.36 Å². The first-order chi connectivity index (χ1) is 15.3.